The lowest BCUT2D eigenvalue weighted by atomic mass is 10.1. The molecule has 0 spiro atoms. The second-order valence-corrected chi connectivity index (χ2v) is 3.28. The van der Waals surface area contributed by atoms with Crippen LogP contribution in [0.15, 0.2) is 0 Å². The van der Waals surface area contributed by atoms with Crippen LogP contribution in [0, 0.1) is 0 Å². The second-order valence-electron chi connectivity index (χ2n) is 3.28. The molecule has 1 aromatic rings. The summed E-state index contributed by atoms with van der Waals surface area (Å²) < 4.78 is 0. The Morgan fingerprint density at radius 2 is 2.23 bits per heavy atom. The van der Waals surface area contributed by atoms with Gasteiger partial charge in [-0.05, 0) is 18.1 Å². The topological polar surface area (TPSA) is 69.6 Å². The van der Waals surface area contributed by atoms with E-state index in [2.05, 4.69) is 22.3 Å². The molecule has 0 radical (unpaired) electrons. The van der Waals surface area contributed by atoms with Crippen LogP contribution in [0.1, 0.15) is 32.0 Å². The van der Waals surface area contributed by atoms with Gasteiger partial charge in [-0.25, -0.2) is 0 Å². The quantitative estimate of drug-likeness (QED) is 0.711. The SMILES string of the molecule is CCCC(N)CCc1nnn(C)n1. The van der Waals surface area contributed by atoms with Crippen molar-refractivity contribution in [1.82, 2.24) is 20.2 Å². The van der Waals surface area contributed by atoms with E-state index in [0.29, 0.717) is 0 Å². The molecule has 0 fully saturated rings. The van der Waals surface area contributed by atoms with Gasteiger partial charge in [0.2, 0.25) is 0 Å². The van der Waals surface area contributed by atoms with Gasteiger partial charge in [0.05, 0.1) is 7.05 Å². The van der Waals surface area contributed by atoms with Gasteiger partial charge < -0.3 is 5.73 Å². The van der Waals surface area contributed by atoms with E-state index in [9.17, 15) is 0 Å². The van der Waals surface area contributed by atoms with Crippen molar-refractivity contribution in [2.75, 3.05) is 0 Å². The molecular weight excluding hydrogens is 166 g/mol. The van der Waals surface area contributed by atoms with E-state index in [1.165, 1.54) is 4.80 Å². The highest BCUT2D eigenvalue weighted by atomic mass is 15.6. The molecule has 0 aromatic carbocycles. The molecule has 13 heavy (non-hydrogen) atoms. The number of hydrogen-bond acceptors (Lipinski definition) is 4. The Morgan fingerprint density at radius 1 is 1.46 bits per heavy atom. The van der Waals surface area contributed by atoms with E-state index in [1.807, 2.05) is 0 Å². The van der Waals surface area contributed by atoms with Gasteiger partial charge in [0.25, 0.3) is 0 Å². The van der Waals surface area contributed by atoms with Crippen LogP contribution < -0.4 is 5.73 Å². The summed E-state index contributed by atoms with van der Waals surface area (Å²) in [5, 5.41) is 11.7. The maximum absolute atomic E-state index is 5.86. The Kier molecular flexibility index (Phi) is 3.82. The fraction of sp³-hybridized carbons (Fsp3) is 0.875. The number of hydrogen-bond donors (Lipinski definition) is 1. The third-order valence-electron chi connectivity index (χ3n) is 1.95. The predicted molar refractivity (Wildman–Crippen MR) is 50.0 cm³/mol. The first-order chi connectivity index (χ1) is 6.22. The fourth-order valence-electron chi connectivity index (χ4n) is 1.25. The minimum atomic E-state index is 0.272. The van der Waals surface area contributed by atoms with Crippen LogP contribution in [0.2, 0.25) is 0 Å². The molecule has 0 amide bonds. The van der Waals surface area contributed by atoms with Crippen LogP contribution in [0.3, 0.4) is 0 Å². The van der Waals surface area contributed by atoms with E-state index in [4.69, 9.17) is 5.73 Å². The maximum atomic E-state index is 5.86. The molecular formula is C8H17N5. The molecule has 1 rings (SSSR count). The van der Waals surface area contributed by atoms with Gasteiger partial charge in [-0.3, -0.25) is 0 Å². The first-order valence-corrected chi connectivity index (χ1v) is 4.70. The summed E-state index contributed by atoms with van der Waals surface area (Å²) >= 11 is 0. The third kappa shape index (κ3) is 3.50. The first-order valence-electron chi connectivity index (χ1n) is 4.70. The summed E-state index contributed by atoms with van der Waals surface area (Å²) in [5.41, 5.74) is 5.86. The van der Waals surface area contributed by atoms with Gasteiger partial charge >= 0.3 is 0 Å². The summed E-state index contributed by atoms with van der Waals surface area (Å²) in [6, 6.07) is 0.272. The molecule has 1 atom stereocenters. The van der Waals surface area contributed by atoms with E-state index in [-0.39, 0.29) is 6.04 Å². The Bertz CT molecular complexity index is 244. The van der Waals surface area contributed by atoms with E-state index in [1.54, 1.807) is 7.05 Å². The number of aryl methyl sites for hydroxylation is 2. The average molecular weight is 183 g/mol. The normalized spacial score (nSPS) is 13.2. The van der Waals surface area contributed by atoms with Crippen molar-refractivity contribution in [3.63, 3.8) is 0 Å². The van der Waals surface area contributed by atoms with Gasteiger partial charge in [-0.1, -0.05) is 13.3 Å². The van der Waals surface area contributed by atoms with Crippen molar-refractivity contribution in [1.29, 1.82) is 0 Å². The zero-order valence-electron chi connectivity index (χ0n) is 8.27. The number of rotatable bonds is 5. The van der Waals surface area contributed by atoms with Gasteiger partial charge in [-0.15, -0.1) is 10.2 Å². The van der Waals surface area contributed by atoms with Gasteiger partial charge in [-0.2, -0.15) is 4.80 Å². The van der Waals surface area contributed by atoms with Crippen LogP contribution in [-0.2, 0) is 13.5 Å². The van der Waals surface area contributed by atoms with Gasteiger partial charge in [0, 0.05) is 12.5 Å². The fourth-order valence-corrected chi connectivity index (χ4v) is 1.25. The monoisotopic (exact) mass is 183 g/mol. The average Bonchev–Trinajstić information content (AvgIpc) is 2.49. The summed E-state index contributed by atoms with van der Waals surface area (Å²) in [6.07, 6.45) is 3.98. The molecule has 0 saturated heterocycles. The summed E-state index contributed by atoms with van der Waals surface area (Å²) in [7, 11) is 1.77. The predicted octanol–water partition coefficient (Wildman–Crippen LogP) is 0.270. The molecule has 1 unspecified atom stereocenters. The van der Waals surface area contributed by atoms with Crippen molar-refractivity contribution < 1.29 is 0 Å². The second kappa shape index (κ2) is 4.91. The Labute approximate surface area is 78.3 Å². The van der Waals surface area contributed by atoms with Gasteiger partial charge in [0.1, 0.15) is 0 Å². The van der Waals surface area contributed by atoms with Crippen LogP contribution in [0.4, 0.5) is 0 Å². The lowest BCUT2D eigenvalue weighted by molar-refractivity contribution is 0.551. The van der Waals surface area contributed by atoms with Crippen LogP contribution in [0.25, 0.3) is 0 Å². The molecule has 74 valence electrons. The van der Waals surface area contributed by atoms with Crippen molar-refractivity contribution in [2.24, 2.45) is 12.8 Å². The molecule has 0 saturated carbocycles. The zero-order chi connectivity index (χ0) is 9.68. The van der Waals surface area contributed by atoms with E-state index < -0.39 is 0 Å². The minimum absolute atomic E-state index is 0.272. The summed E-state index contributed by atoms with van der Waals surface area (Å²) in [5.74, 6) is 0.786. The lowest BCUT2D eigenvalue weighted by Gasteiger charge is -2.06. The van der Waals surface area contributed by atoms with Crippen LogP contribution in [0.5, 0.6) is 0 Å². The minimum Gasteiger partial charge on any atom is -0.328 e. The smallest absolute Gasteiger partial charge is 0.174 e. The Morgan fingerprint density at radius 3 is 2.77 bits per heavy atom. The van der Waals surface area contributed by atoms with Crippen molar-refractivity contribution in [3.8, 4) is 0 Å². The van der Waals surface area contributed by atoms with Crippen molar-refractivity contribution in [2.45, 2.75) is 38.6 Å². The first kappa shape index (κ1) is 10.1. The number of tetrazole rings is 1. The summed E-state index contributed by atoms with van der Waals surface area (Å²) in [4.78, 5) is 1.47. The molecule has 1 heterocycles. The van der Waals surface area contributed by atoms with Crippen LogP contribution >= 0.6 is 0 Å². The van der Waals surface area contributed by atoms with Crippen molar-refractivity contribution in [3.05, 3.63) is 5.82 Å². The van der Waals surface area contributed by atoms with Crippen LogP contribution in [-0.4, -0.2) is 26.2 Å². The molecule has 2 N–H and O–H groups in total. The number of nitrogens with zero attached hydrogens (tertiary/aromatic N) is 4. The number of aromatic nitrogens is 4. The standard InChI is InChI=1S/C8H17N5/c1-3-4-7(9)5-6-8-10-12-13(2)11-8/h7H,3-6,9H2,1-2H3. The molecule has 0 aliphatic heterocycles. The third-order valence-corrected chi connectivity index (χ3v) is 1.95. The number of nitrogens with two attached hydrogens (primary N) is 1. The molecule has 0 aliphatic carbocycles. The molecule has 1 aromatic heterocycles. The highest BCUT2D eigenvalue weighted by Gasteiger charge is 2.04. The molecule has 0 aliphatic rings. The molecule has 5 nitrogen and oxygen atoms in total. The zero-order valence-corrected chi connectivity index (χ0v) is 8.27. The largest absolute Gasteiger partial charge is 0.328 e. The summed E-state index contributed by atoms with van der Waals surface area (Å²) in [6.45, 7) is 2.14. The van der Waals surface area contributed by atoms with Gasteiger partial charge in [0.15, 0.2) is 5.82 Å². The Hall–Kier alpha value is -0.970. The molecule has 0 bridgehead atoms. The van der Waals surface area contributed by atoms with E-state index >= 15 is 0 Å². The van der Waals surface area contributed by atoms with Crippen molar-refractivity contribution >= 4 is 0 Å². The lowest BCUT2D eigenvalue weighted by Crippen LogP contribution is -2.20. The van der Waals surface area contributed by atoms with E-state index in [0.717, 1.165) is 31.5 Å². The maximum Gasteiger partial charge on any atom is 0.174 e. The highest BCUT2D eigenvalue weighted by molar-refractivity contribution is 4.78. The highest BCUT2D eigenvalue weighted by Crippen LogP contribution is 2.02. The Balaban J connectivity index is 2.26. The molecule has 5 heteroatoms.